The Morgan fingerprint density at radius 3 is 3.00 bits per heavy atom. The second-order valence-electron chi connectivity index (χ2n) is 3.24. The number of nitrogens with two attached hydrogens (primary N) is 1. The minimum absolute atomic E-state index is 0.0490. The largest absolute Gasteiger partial charge is 0.392 e. The molecular formula is C9H14N2O2. The van der Waals surface area contributed by atoms with Gasteiger partial charge in [-0.3, -0.25) is 0 Å². The zero-order valence-corrected chi connectivity index (χ0v) is 7.44. The minimum atomic E-state index is -0.265. The number of hydrogen-bond donors (Lipinski definition) is 2. The highest BCUT2D eigenvalue weighted by Crippen LogP contribution is 2.28. The fourth-order valence-corrected chi connectivity index (χ4v) is 1.55. The maximum atomic E-state index is 10.3. The summed E-state index contributed by atoms with van der Waals surface area (Å²) in [5.41, 5.74) is 7.42. The van der Waals surface area contributed by atoms with Gasteiger partial charge in [0.2, 0.25) is 0 Å². The highest BCUT2D eigenvalue weighted by atomic mass is 16.3. The minimum Gasteiger partial charge on any atom is -0.392 e. The van der Waals surface area contributed by atoms with Gasteiger partial charge < -0.3 is 10.8 Å². The van der Waals surface area contributed by atoms with E-state index in [1.165, 1.54) is 0 Å². The summed E-state index contributed by atoms with van der Waals surface area (Å²) in [5.74, 6) is 0. The number of aliphatic hydroxyl groups excluding tert-OH is 1. The van der Waals surface area contributed by atoms with E-state index < -0.39 is 0 Å². The van der Waals surface area contributed by atoms with Crippen molar-refractivity contribution in [1.82, 2.24) is 0 Å². The van der Waals surface area contributed by atoms with E-state index in [4.69, 9.17) is 10.8 Å². The van der Waals surface area contributed by atoms with E-state index in [0.717, 1.165) is 11.1 Å². The predicted octanol–water partition coefficient (Wildman–Crippen LogP) is 0.717. The predicted molar refractivity (Wildman–Crippen MR) is 51.1 cm³/mol. The zero-order chi connectivity index (χ0) is 9.84. The summed E-state index contributed by atoms with van der Waals surface area (Å²) in [6, 6.07) is -0.465. The van der Waals surface area contributed by atoms with Crippen LogP contribution in [0.4, 0.5) is 0 Å². The number of aliphatic hydroxyl groups is 1. The number of nitrogens with zero attached hydrogens (tertiary/aromatic N) is 1. The van der Waals surface area contributed by atoms with Crippen molar-refractivity contribution in [1.29, 1.82) is 0 Å². The first-order valence-electron chi connectivity index (χ1n) is 4.26. The molecular weight excluding hydrogens is 168 g/mol. The molecule has 0 saturated heterocycles. The number of nitroso groups, excluding NO2 is 1. The molecule has 0 aliphatic heterocycles. The van der Waals surface area contributed by atoms with Gasteiger partial charge in [-0.1, -0.05) is 17.8 Å². The lowest BCUT2D eigenvalue weighted by atomic mass is 9.84. The molecule has 0 bridgehead atoms. The van der Waals surface area contributed by atoms with E-state index in [-0.39, 0.29) is 18.7 Å². The van der Waals surface area contributed by atoms with Crippen LogP contribution in [0.15, 0.2) is 29.0 Å². The molecule has 3 N–H and O–H groups in total. The van der Waals surface area contributed by atoms with Gasteiger partial charge in [-0.25, -0.2) is 0 Å². The average molecular weight is 182 g/mol. The smallest absolute Gasteiger partial charge is 0.0977 e. The fourth-order valence-electron chi connectivity index (χ4n) is 1.55. The Hall–Kier alpha value is -1.00. The summed E-state index contributed by atoms with van der Waals surface area (Å²) in [7, 11) is 0. The van der Waals surface area contributed by atoms with E-state index in [0.29, 0.717) is 12.8 Å². The monoisotopic (exact) mass is 182 g/mol. The molecule has 2 atom stereocenters. The molecule has 4 nitrogen and oxygen atoms in total. The molecule has 13 heavy (non-hydrogen) atoms. The van der Waals surface area contributed by atoms with Crippen molar-refractivity contribution < 1.29 is 5.11 Å². The molecule has 1 saturated carbocycles. The third-order valence-corrected chi connectivity index (χ3v) is 2.33. The first-order valence-corrected chi connectivity index (χ1v) is 4.26. The Morgan fingerprint density at radius 1 is 1.77 bits per heavy atom. The normalized spacial score (nSPS) is 32.2. The molecule has 4 heteroatoms. The first kappa shape index (κ1) is 10.1. The van der Waals surface area contributed by atoms with E-state index in [2.05, 4.69) is 11.8 Å². The van der Waals surface area contributed by atoms with Crippen molar-refractivity contribution in [3.05, 3.63) is 28.7 Å². The summed E-state index contributed by atoms with van der Waals surface area (Å²) < 4.78 is 0. The van der Waals surface area contributed by atoms with Crippen molar-refractivity contribution in [2.75, 3.05) is 6.61 Å². The van der Waals surface area contributed by atoms with Gasteiger partial charge in [0.05, 0.1) is 12.6 Å². The van der Waals surface area contributed by atoms with Crippen molar-refractivity contribution in [3.8, 4) is 0 Å². The van der Waals surface area contributed by atoms with Crippen LogP contribution in [0.1, 0.15) is 12.8 Å². The summed E-state index contributed by atoms with van der Waals surface area (Å²) >= 11 is 0. The van der Waals surface area contributed by atoms with Crippen LogP contribution in [0.5, 0.6) is 0 Å². The van der Waals surface area contributed by atoms with Gasteiger partial charge in [0.15, 0.2) is 0 Å². The van der Waals surface area contributed by atoms with E-state index >= 15 is 0 Å². The van der Waals surface area contributed by atoms with Gasteiger partial charge >= 0.3 is 0 Å². The molecule has 1 aliphatic rings. The third-order valence-electron chi connectivity index (χ3n) is 2.33. The molecule has 0 spiro atoms. The molecule has 1 rings (SSSR count). The Morgan fingerprint density at radius 2 is 2.46 bits per heavy atom. The van der Waals surface area contributed by atoms with Crippen molar-refractivity contribution in [2.45, 2.75) is 24.9 Å². The van der Waals surface area contributed by atoms with E-state index in [9.17, 15) is 4.91 Å². The second-order valence-corrected chi connectivity index (χ2v) is 3.24. The van der Waals surface area contributed by atoms with Gasteiger partial charge in [0, 0.05) is 6.04 Å². The van der Waals surface area contributed by atoms with Crippen molar-refractivity contribution >= 4 is 0 Å². The van der Waals surface area contributed by atoms with E-state index in [1.54, 1.807) is 6.08 Å². The van der Waals surface area contributed by atoms with Crippen LogP contribution < -0.4 is 5.73 Å². The Balaban J connectivity index is 2.77. The Labute approximate surface area is 77.1 Å². The van der Waals surface area contributed by atoms with Crippen molar-refractivity contribution in [2.24, 2.45) is 10.9 Å². The lowest BCUT2D eigenvalue weighted by Gasteiger charge is -2.26. The molecule has 72 valence electrons. The topological polar surface area (TPSA) is 75.7 Å². The van der Waals surface area contributed by atoms with Crippen LogP contribution in [0, 0.1) is 4.91 Å². The summed E-state index contributed by atoms with van der Waals surface area (Å²) in [4.78, 5) is 10.3. The van der Waals surface area contributed by atoms with Crippen LogP contribution >= 0.6 is 0 Å². The quantitative estimate of drug-likeness (QED) is 0.618. The summed E-state index contributed by atoms with van der Waals surface area (Å²) in [6.45, 7) is 3.77. The fraction of sp³-hybridized carbons (Fsp3) is 0.556. The SMILES string of the molecule is C=C1/C(=C\CO)C[C@@H](N=O)C[C@@H]1N. The molecule has 0 aromatic heterocycles. The molecule has 0 radical (unpaired) electrons. The lowest BCUT2D eigenvalue weighted by molar-refractivity contribution is 0.340. The molecule has 0 aromatic rings. The Bertz CT molecular complexity index is 248. The number of hydrogen-bond acceptors (Lipinski definition) is 4. The molecule has 0 heterocycles. The summed E-state index contributed by atoms with van der Waals surface area (Å²) in [5, 5.41) is 11.7. The molecule has 0 aromatic carbocycles. The van der Waals surface area contributed by atoms with Gasteiger partial charge in [0.1, 0.15) is 0 Å². The molecule has 0 amide bonds. The standard InChI is InChI=1S/C9H14N2O2/c1-6-7(2-3-12)4-8(11-13)5-9(6)10/h2,8-9,12H,1,3-5,10H2/b7-2-/t8-,9+/m1/s1. The maximum Gasteiger partial charge on any atom is 0.0977 e. The Kier molecular flexibility index (Phi) is 3.33. The third kappa shape index (κ3) is 2.23. The van der Waals surface area contributed by atoms with Gasteiger partial charge in [-0.15, -0.1) is 0 Å². The van der Waals surface area contributed by atoms with Gasteiger partial charge in [-0.2, -0.15) is 4.91 Å². The molecule has 0 unspecified atom stereocenters. The highest BCUT2D eigenvalue weighted by Gasteiger charge is 2.25. The van der Waals surface area contributed by atoms with E-state index in [1.807, 2.05) is 0 Å². The maximum absolute atomic E-state index is 10.3. The summed E-state index contributed by atoms with van der Waals surface area (Å²) in [6.07, 6.45) is 2.75. The average Bonchev–Trinajstić information content (AvgIpc) is 2.13. The number of rotatable bonds is 2. The van der Waals surface area contributed by atoms with Crippen LogP contribution in [-0.4, -0.2) is 23.8 Å². The first-order chi connectivity index (χ1) is 6.19. The zero-order valence-electron chi connectivity index (χ0n) is 7.44. The highest BCUT2D eigenvalue weighted by molar-refractivity contribution is 5.36. The lowest BCUT2D eigenvalue weighted by Crippen LogP contribution is -2.33. The molecule has 1 aliphatic carbocycles. The van der Waals surface area contributed by atoms with Crippen LogP contribution in [0.2, 0.25) is 0 Å². The van der Waals surface area contributed by atoms with Crippen LogP contribution in [-0.2, 0) is 0 Å². The van der Waals surface area contributed by atoms with Gasteiger partial charge in [-0.05, 0) is 24.0 Å². The molecule has 1 fully saturated rings. The van der Waals surface area contributed by atoms with Crippen LogP contribution in [0.25, 0.3) is 0 Å². The van der Waals surface area contributed by atoms with Crippen LogP contribution in [0.3, 0.4) is 0 Å². The second kappa shape index (κ2) is 4.30. The van der Waals surface area contributed by atoms with Gasteiger partial charge in [0.25, 0.3) is 0 Å². The van der Waals surface area contributed by atoms with Crippen molar-refractivity contribution in [3.63, 3.8) is 0 Å².